The Balaban J connectivity index is 2.19. The number of carboxylic acid groups (broad SMARTS) is 1. The van der Waals surface area contributed by atoms with E-state index in [1.165, 1.54) is 23.4 Å². The lowest BCUT2D eigenvalue weighted by Crippen LogP contribution is -1.95. The second-order valence-electron chi connectivity index (χ2n) is 4.78. The topological polar surface area (TPSA) is 37.3 Å². The molecule has 2 aromatic rings. The van der Waals surface area contributed by atoms with Crippen molar-refractivity contribution in [3.63, 3.8) is 0 Å². The molecule has 1 N–H and O–H groups in total. The maximum Gasteiger partial charge on any atom is 0.335 e. The molecule has 0 fully saturated rings. The van der Waals surface area contributed by atoms with Gasteiger partial charge in [-0.1, -0.05) is 49.3 Å². The van der Waals surface area contributed by atoms with Crippen molar-refractivity contribution < 1.29 is 9.90 Å². The Morgan fingerprint density at radius 1 is 1.15 bits per heavy atom. The summed E-state index contributed by atoms with van der Waals surface area (Å²) in [5.74, 6) is -0.461. The summed E-state index contributed by atoms with van der Waals surface area (Å²) in [5.41, 5.74) is 1.50. The fraction of sp³-hybridized carbons (Fsp3) is 0.188. The second-order valence-corrected chi connectivity index (χ2v) is 6.30. The van der Waals surface area contributed by atoms with Gasteiger partial charge in [-0.2, -0.15) is 0 Å². The normalized spacial score (nSPS) is 10.8. The van der Waals surface area contributed by atoms with Crippen LogP contribution in [0.1, 0.15) is 35.7 Å². The Morgan fingerprint density at radius 2 is 1.80 bits per heavy atom. The summed E-state index contributed by atoms with van der Waals surface area (Å²) in [6, 6.07) is 13.1. The van der Waals surface area contributed by atoms with Gasteiger partial charge in [0.1, 0.15) is 0 Å². The first-order valence-electron chi connectivity index (χ1n) is 6.28. The van der Waals surface area contributed by atoms with E-state index in [9.17, 15) is 4.79 Å². The summed E-state index contributed by atoms with van der Waals surface area (Å²) in [6.45, 7) is 4.31. The van der Waals surface area contributed by atoms with Gasteiger partial charge in [0.05, 0.1) is 10.6 Å². The Bertz CT molecular complexity index is 621. The average molecular weight is 307 g/mol. The van der Waals surface area contributed by atoms with Crippen LogP contribution in [0.2, 0.25) is 5.02 Å². The molecule has 2 rings (SSSR count). The van der Waals surface area contributed by atoms with Crippen LogP contribution in [0.15, 0.2) is 52.3 Å². The van der Waals surface area contributed by atoms with Gasteiger partial charge >= 0.3 is 5.97 Å². The van der Waals surface area contributed by atoms with Gasteiger partial charge in [-0.3, -0.25) is 0 Å². The molecular formula is C16H15ClO2S. The lowest BCUT2D eigenvalue weighted by Gasteiger charge is -2.08. The summed E-state index contributed by atoms with van der Waals surface area (Å²) in [7, 11) is 0. The van der Waals surface area contributed by atoms with Crippen molar-refractivity contribution in [2.75, 3.05) is 0 Å². The molecule has 104 valence electrons. The zero-order chi connectivity index (χ0) is 14.7. The van der Waals surface area contributed by atoms with Gasteiger partial charge in [-0.15, -0.1) is 0 Å². The van der Waals surface area contributed by atoms with E-state index in [0.717, 1.165) is 9.79 Å². The molecule has 0 atom stereocenters. The highest BCUT2D eigenvalue weighted by Gasteiger charge is 2.08. The Morgan fingerprint density at radius 3 is 2.30 bits per heavy atom. The minimum Gasteiger partial charge on any atom is -0.478 e. The zero-order valence-corrected chi connectivity index (χ0v) is 12.8. The molecule has 0 heterocycles. The highest BCUT2D eigenvalue weighted by atomic mass is 35.5. The van der Waals surface area contributed by atoms with Crippen molar-refractivity contribution >= 4 is 29.3 Å². The Hall–Kier alpha value is -1.45. The van der Waals surface area contributed by atoms with E-state index in [-0.39, 0.29) is 5.56 Å². The molecule has 0 aliphatic carbocycles. The van der Waals surface area contributed by atoms with Crippen LogP contribution in [-0.2, 0) is 0 Å². The van der Waals surface area contributed by atoms with E-state index < -0.39 is 5.97 Å². The van der Waals surface area contributed by atoms with Crippen molar-refractivity contribution in [2.24, 2.45) is 0 Å². The number of hydrogen-bond acceptors (Lipinski definition) is 2. The van der Waals surface area contributed by atoms with Crippen molar-refractivity contribution in [3.05, 3.63) is 58.6 Å². The molecule has 2 nitrogen and oxygen atoms in total. The zero-order valence-electron chi connectivity index (χ0n) is 11.3. The lowest BCUT2D eigenvalue weighted by molar-refractivity contribution is 0.0697. The highest BCUT2D eigenvalue weighted by molar-refractivity contribution is 7.99. The van der Waals surface area contributed by atoms with Crippen LogP contribution in [0.5, 0.6) is 0 Å². The second kappa shape index (κ2) is 6.33. The molecule has 0 amide bonds. The summed E-state index contributed by atoms with van der Waals surface area (Å²) in [6.07, 6.45) is 0. The maximum absolute atomic E-state index is 10.9. The van der Waals surface area contributed by atoms with Gasteiger partial charge in [0.15, 0.2) is 0 Å². The van der Waals surface area contributed by atoms with Gasteiger partial charge in [0, 0.05) is 9.79 Å². The number of rotatable bonds is 4. The maximum atomic E-state index is 10.9. The molecule has 20 heavy (non-hydrogen) atoms. The van der Waals surface area contributed by atoms with Gasteiger partial charge in [0.25, 0.3) is 0 Å². The standard InChI is InChI=1S/C16H15ClO2S/c1-10(2)11-3-6-13(7-4-11)20-15-8-5-12(16(18)19)9-14(15)17/h3-10H,1-2H3,(H,18,19). The lowest BCUT2D eigenvalue weighted by atomic mass is 10.0. The largest absolute Gasteiger partial charge is 0.478 e. The van der Waals surface area contributed by atoms with Crippen LogP contribution < -0.4 is 0 Å². The first kappa shape index (κ1) is 14.9. The number of benzene rings is 2. The fourth-order valence-corrected chi connectivity index (χ4v) is 2.88. The Labute approximate surface area is 127 Å². The average Bonchev–Trinajstić information content (AvgIpc) is 2.41. The number of carboxylic acids is 1. The quantitative estimate of drug-likeness (QED) is 0.831. The van der Waals surface area contributed by atoms with E-state index in [4.69, 9.17) is 16.7 Å². The van der Waals surface area contributed by atoms with E-state index in [0.29, 0.717) is 10.9 Å². The van der Waals surface area contributed by atoms with Crippen molar-refractivity contribution in [1.29, 1.82) is 0 Å². The van der Waals surface area contributed by atoms with E-state index in [2.05, 4.69) is 38.1 Å². The van der Waals surface area contributed by atoms with Crippen molar-refractivity contribution in [2.45, 2.75) is 29.6 Å². The predicted molar refractivity (Wildman–Crippen MR) is 83.1 cm³/mol. The predicted octanol–water partition coefficient (Wildman–Crippen LogP) is 5.31. The molecule has 0 aliphatic rings. The van der Waals surface area contributed by atoms with Crippen LogP contribution in [0.4, 0.5) is 0 Å². The highest BCUT2D eigenvalue weighted by Crippen LogP contribution is 2.34. The van der Waals surface area contributed by atoms with Crippen LogP contribution in [-0.4, -0.2) is 11.1 Å². The third-order valence-electron chi connectivity index (χ3n) is 2.95. The molecular weight excluding hydrogens is 292 g/mol. The third kappa shape index (κ3) is 3.56. The SMILES string of the molecule is CC(C)c1ccc(Sc2ccc(C(=O)O)cc2Cl)cc1. The van der Waals surface area contributed by atoms with Crippen LogP contribution in [0, 0.1) is 0 Å². The van der Waals surface area contributed by atoms with Crippen LogP contribution in [0.25, 0.3) is 0 Å². The molecule has 0 unspecified atom stereocenters. The number of aromatic carboxylic acids is 1. The fourth-order valence-electron chi connectivity index (χ4n) is 1.76. The first-order chi connectivity index (χ1) is 9.47. The smallest absolute Gasteiger partial charge is 0.335 e. The molecule has 0 aliphatic heterocycles. The summed E-state index contributed by atoms with van der Waals surface area (Å²) in [4.78, 5) is 12.8. The van der Waals surface area contributed by atoms with E-state index in [1.807, 2.05) is 0 Å². The monoisotopic (exact) mass is 306 g/mol. The minimum absolute atomic E-state index is 0.203. The number of halogens is 1. The molecule has 0 saturated heterocycles. The molecule has 0 saturated carbocycles. The molecule has 0 bridgehead atoms. The molecule has 0 aromatic heterocycles. The van der Waals surface area contributed by atoms with Crippen LogP contribution in [0.3, 0.4) is 0 Å². The van der Waals surface area contributed by atoms with Gasteiger partial charge < -0.3 is 5.11 Å². The molecule has 0 spiro atoms. The summed E-state index contributed by atoms with van der Waals surface area (Å²) >= 11 is 7.65. The number of hydrogen-bond donors (Lipinski definition) is 1. The third-order valence-corrected chi connectivity index (χ3v) is 4.46. The molecule has 4 heteroatoms. The van der Waals surface area contributed by atoms with Crippen LogP contribution >= 0.6 is 23.4 Å². The van der Waals surface area contributed by atoms with Gasteiger partial charge in [-0.05, 0) is 41.8 Å². The molecule has 2 aromatic carbocycles. The van der Waals surface area contributed by atoms with Gasteiger partial charge in [-0.25, -0.2) is 4.79 Å². The minimum atomic E-state index is -0.968. The summed E-state index contributed by atoms with van der Waals surface area (Å²) < 4.78 is 0. The first-order valence-corrected chi connectivity index (χ1v) is 7.47. The van der Waals surface area contributed by atoms with Crippen molar-refractivity contribution in [1.82, 2.24) is 0 Å². The molecule has 0 radical (unpaired) electrons. The van der Waals surface area contributed by atoms with Gasteiger partial charge in [0.2, 0.25) is 0 Å². The Kier molecular flexibility index (Phi) is 4.73. The van der Waals surface area contributed by atoms with E-state index in [1.54, 1.807) is 12.1 Å². The van der Waals surface area contributed by atoms with E-state index >= 15 is 0 Å². The summed E-state index contributed by atoms with van der Waals surface area (Å²) in [5, 5.41) is 9.37. The number of carbonyl (C=O) groups is 1. The van der Waals surface area contributed by atoms with Crippen molar-refractivity contribution in [3.8, 4) is 0 Å².